The number of hydrogen-bond acceptors (Lipinski definition) is 1. The van der Waals surface area contributed by atoms with Crippen LogP contribution in [-0.2, 0) is 4.79 Å². The van der Waals surface area contributed by atoms with Crippen LogP contribution in [0.4, 0.5) is 0 Å². The standard InChI is InChI=1S/C14H22O/c1-10(15)12-7-6-11-5-4-8-14(2,3)13(11)9-12/h12H,4-9H2,1-3H3. The van der Waals surface area contributed by atoms with Crippen LogP contribution in [0, 0.1) is 11.3 Å². The lowest BCUT2D eigenvalue weighted by molar-refractivity contribution is -0.121. The van der Waals surface area contributed by atoms with Crippen LogP contribution in [0.1, 0.15) is 59.3 Å². The van der Waals surface area contributed by atoms with Gasteiger partial charge in [0.1, 0.15) is 5.78 Å². The lowest BCUT2D eigenvalue weighted by atomic mass is 9.65. The van der Waals surface area contributed by atoms with Crippen LogP contribution < -0.4 is 0 Å². The van der Waals surface area contributed by atoms with Gasteiger partial charge in [-0.25, -0.2) is 0 Å². The average molecular weight is 206 g/mol. The zero-order valence-electron chi connectivity index (χ0n) is 10.2. The highest BCUT2D eigenvalue weighted by Gasteiger charge is 2.34. The first kappa shape index (κ1) is 10.9. The Hall–Kier alpha value is -0.590. The molecule has 0 saturated carbocycles. The fourth-order valence-electron chi connectivity index (χ4n) is 3.26. The Bertz CT molecular complexity index is 309. The van der Waals surface area contributed by atoms with Gasteiger partial charge in [-0.3, -0.25) is 4.79 Å². The monoisotopic (exact) mass is 206 g/mol. The number of rotatable bonds is 1. The summed E-state index contributed by atoms with van der Waals surface area (Å²) in [6, 6.07) is 0. The maximum atomic E-state index is 11.5. The molecule has 0 bridgehead atoms. The van der Waals surface area contributed by atoms with Crippen molar-refractivity contribution in [2.45, 2.75) is 59.3 Å². The molecule has 1 unspecified atom stereocenters. The zero-order chi connectivity index (χ0) is 11.1. The molecule has 1 nitrogen and oxygen atoms in total. The second kappa shape index (κ2) is 3.77. The first-order valence-corrected chi connectivity index (χ1v) is 6.22. The molecule has 1 heteroatoms. The molecule has 0 aliphatic heterocycles. The van der Waals surface area contributed by atoms with Crippen LogP contribution in [0.5, 0.6) is 0 Å². The molecule has 2 aliphatic carbocycles. The van der Waals surface area contributed by atoms with Gasteiger partial charge in [0.05, 0.1) is 0 Å². The molecule has 0 saturated heterocycles. The minimum Gasteiger partial charge on any atom is -0.300 e. The maximum absolute atomic E-state index is 11.5. The smallest absolute Gasteiger partial charge is 0.133 e. The van der Waals surface area contributed by atoms with E-state index in [0.717, 1.165) is 12.8 Å². The van der Waals surface area contributed by atoms with Crippen molar-refractivity contribution in [3.05, 3.63) is 11.1 Å². The van der Waals surface area contributed by atoms with Crippen LogP contribution in [0.25, 0.3) is 0 Å². The summed E-state index contributed by atoms with van der Waals surface area (Å²) in [6.07, 6.45) is 7.28. The van der Waals surface area contributed by atoms with Gasteiger partial charge in [0.25, 0.3) is 0 Å². The Morgan fingerprint density at radius 1 is 1.33 bits per heavy atom. The van der Waals surface area contributed by atoms with Gasteiger partial charge in [0.15, 0.2) is 0 Å². The molecule has 0 N–H and O–H groups in total. The van der Waals surface area contributed by atoms with E-state index in [4.69, 9.17) is 0 Å². The van der Waals surface area contributed by atoms with Gasteiger partial charge in [-0.2, -0.15) is 0 Å². The van der Waals surface area contributed by atoms with E-state index in [1.165, 1.54) is 25.7 Å². The van der Waals surface area contributed by atoms with Gasteiger partial charge >= 0.3 is 0 Å². The van der Waals surface area contributed by atoms with Gasteiger partial charge in [0, 0.05) is 5.92 Å². The predicted octanol–water partition coefficient (Wildman–Crippen LogP) is 3.88. The molecule has 2 aliphatic rings. The summed E-state index contributed by atoms with van der Waals surface area (Å²) < 4.78 is 0. The Morgan fingerprint density at radius 2 is 2.07 bits per heavy atom. The molecule has 0 radical (unpaired) electrons. The Morgan fingerprint density at radius 3 is 2.73 bits per heavy atom. The number of ketones is 1. The highest BCUT2D eigenvalue weighted by Crippen LogP contribution is 2.47. The van der Waals surface area contributed by atoms with Crippen molar-refractivity contribution >= 4 is 5.78 Å². The van der Waals surface area contributed by atoms with Gasteiger partial charge < -0.3 is 0 Å². The van der Waals surface area contributed by atoms with Gasteiger partial charge in [0.2, 0.25) is 0 Å². The predicted molar refractivity (Wildman–Crippen MR) is 62.7 cm³/mol. The molecule has 0 fully saturated rings. The van der Waals surface area contributed by atoms with Crippen LogP contribution >= 0.6 is 0 Å². The third-order valence-corrected chi connectivity index (χ3v) is 4.34. The van der Waals surface area contributed by atoms with Crippen molar-refractivity contribution in [3.8, 4) is 0 Å². The first-order valence-electron chi connectivity index (χ1n) is 6.22. The SMILES string of the molecule is CC(=O)C1CCC2=C(C1)C(C)(C)CCC2. The van der Waals surface area contributed by atoms with Crippen molar-refractivity contribution in [1.82, 2.24) is 0 Å². The first-order chi connectivity index (χ1) is 7.00. The lowest BCUT2D eigenvalue weighted by Crippen LogP contribution is -2.28. The normalized spacial score (nSPS) is 29.9. The molecule has 0 spiro atoms. The van der Waals surface area contributed by atoms with E-state index in [2.05, 4.69) is 13.8 Å². The van der Waals surface area contributed by atoms with Crippen LogP contribution in [0.3, 0.4) is 0 Å². The molecular formula is C14H22O. The van der Waals surface area contributed by atoms with E-state index in [-0.39, 0.29) is 0 Å². The highest BCUT2D eigenvalue weighted by molar-refractivity contribution is 5.79. The second-order valence-electron chi connectivity index (χ2n) is 5.87. The Balaban J connectivity index is 2.25. The topological polar surface area (TPSA) is 17.1 Å². The van der Waals surface area contributed by atoms with E-state index in [0.29, 0.717) is 17.1 Å². The molecule has 84 valence electrons. The minimum atomic E-state index is 0.320. The van der Waals surface area contributed by atoms with E-state index in [1.807, 2.05) is 0 Å². The largest absolute Gasteiger partial charge is 0.300 e. The van der Waals surface area contributed by atoms with E-state index >= 15 is 0 Å². The lowest BCUT2D eigenvalue weighted by Gasteiger charge is -2.40. The summed E-state index contributed by atoms with van der Waals surface area (Å²) in [6.45, 7) is 6.46. The molecule has 1 atom stereocenters. The number of carbonyl (C=O) groups is 1. The summed E-state index contributed by atoms with van der Waals surface area (Å²) in [7, 11) is 0. The minimum absolute atomic E-state index is 0.320. The van der Waals surface area contributed by atoms with Crippen LogP contribution in [0.15, 0.2) is 11.1 Å². The maximum Gasteiger partial charge on any atom is 0.133 e. The molecule has 0 heterocycles. The molecule has 0 aromatic carbocycles. The summed E-state index contributed by atoms with van der Waals surface area (Å²) >= 11 is 0. The Labute approximate surface area is 92.9 Å². The molecule has 0 amide bonds. The fraction of sp³-hybridized carbons (Fsp3) is 0.786. The number of carbonyl (C=O) groups excluding carboxylic acids is 1. The number of allylic oxidation sites excluding steroid dienone is 2. The van der Waals surface area contributed by atoms with Crippen LogP contribution in [0.2, 0.25) is 0 Å². The molecular weight excluding hydrogens is 184 g/mol. The molecule has 0 aromatic heterocycles. The summed E-state index contributed by atoms with van der Waals surface area (Å²) in [5, 5.41) is 0. The van der Waals surface area contributed by atoms with Gasteiger partial charge in [-0.15, -0.1) is 0 Å². The van der Waals surface area contributed by atoms with Crippen molar-refractivity contribution < 1.29 is 4.79 Å². The number of Topliss-reactive ketones (excluding diaryl/α,β-unsaturated/α-hetero) is 1. The summed E-state index contributed by atoms with van der Waals surface area (Å²) in [4.78, 5) is 11.5. The average Bonchev–Trinajstić information content (AvgIpc) is 2.17. The third kappa shape index (κ3) is 2.02. The van der Waals surface area contributed by atoms with Crippen LogP contribution in [-0.4, -0.2) is 5.78 Å². The molecule has 15 heavy (non-hydrogen) atoms. The van der Waals surface area contributed by atoms with E-state index in [9.17, 15) is 4.79 Å². The van der Waals surface area contributed by atoms with Crippen molar-refractivity contribution in [2.24, 2.45) is 11.3 Å². The molecule has 2 rings (SSSR count). The molecule has 0 aromatic rings. The quantitative estimate of drug-likeness (QED) is 0.595. The fourth-order valence-corrected chi connectivity index (χ4v) is 3.26. The van der Waals surface area contributed by atoms with E-state index in [1.54, 1.807) is 18.1 Å². The zero-order valence-corrected chi connectivity index (χ0v) is 10.2. The van der Waals surface area contributed by atoms with E-state index < -0.39 is 0 Å². The highest BCUT2D eigenvalue weighted by atomic mass is 16.1. The van der Waals surface area contributed by atoms with Gasteiger partial charge in [-0.05, 0) is 50.9 Å². The number of hydrogen-bond donors (Lipinski definition) is 0. The van der Waals surface area contributed by atoms with Gasteiger partial charge in [-0.1, -0.05) is 25.0 Å². The van der Waals surface area contributed by atoms with Crippen molar-refractivity contribution in [3.63, 3.8) is 0 Å². The summed E-state index contributed by atoms with van der Waals surface area (Å²) in [5.41, 5.74) is 3.67. The van der Waals surface area contributed by atoms with Crippen molar-refractivity contribution in [2.75, 3.05) is 0 Å². The third-order valence-electron chi connectivity index (χ3n) is 4.34. The second-order valence-corrected chi connectivity index (χ2v) is 5.87. The summed E-state index contributed by atoms with van der Waals surface area (Å²) in [5.74, 6) is 0.712. The Kier molecular flexibility index (Phi) is 2.74. The van der Waals surface area contributed by atoms with Crippen molar-refractivity contribution in [1.29, 1.82) is 0 Å².